The summed E-state index contributed by atoms with van der Waals surface area (Å²) in [6.45, 7) is 1.98. The summed E-state index contributed by atoms with van der Waals surface area (Å²) in [4.78, 5) is 39.9. The Morgan fingerprint density at radius 3 is 2.19 bits per heavy atom. The molecule has 0 fully saturated rings. The molecule has 2 atom stereocenters. The molecule has 5 rings (SSSR count). The van der Waals surface area contributed by atoms with Crippen molar-refractivity contribution in [3.05, 3.63) is 101 Å². The number of hydrazine groups is 1. The van der Waals surface area contributed by atoms with Crippen molar-refractivity contribution in [2.45, 2.75) is 25.4 Å². The first-order valence-electron chi connectivity index (χ1n) is 10.7. The van der Waals surface area contributed by atoms with Gasteiger partial charge in [-0.05, 0) is 37.1 Å². The van der Waals surface area contributed by atoms with Crippen molar-refractivity contribution in [2.75, 3.05) is 11.9 Å². The van der Waals surface area contributed by atoms with Gasteiger partial charge in [0.15, 0.2) is 5.78 Å². The maximum atomic E-state index is 13.3. The quantitative estimate of drug-likeness (QED) is 0.487. The second-order valence-electron chi connectivity index (χ2n) is 8.24. The zero-order chi connectivity index (χ0) is 22.2. The lowest BCUT2D eigenvalue weighted by Gasteiger charge is -2.41. The molecule has 6 heteroatoms. The number of anilines is 1. The van der Waals surface area contributed by atoms with E-state index in [9.17, 15) is 14.4 Å². The fraction of sp³-hybridized carbons (Fsp3) is 0.192. The van der Waals surface area contributed by atoms with Crippen molar-refractivity contribution >= 4 is 23.3 Å². The molecule has 6 nitrogen and oxygen atoms in total. The van der Waals surface area contributed by atoms with Crippen molar-refractivity contribution in [2.24, 2.45) is 0 Å². The molecule has 2 amide bonds. The fourth-order valence-corrected chi connectivity index (χ4v) is 4.58. The van der Waals surface area contributed by atoms with E-state index in [2.05, 4.69) is 12.2 Å². The van der Waals surface area contributed by atoms with Crippen LogP contribution in [0, 0.1) is 0 Å². The van der Waals surface area contributed by atoms with Gasteiger partial charge in [0.05, 0.1) is 23.7 Å². The lowest BCUT2D eigenvalue weighted by Crippen LogP contribution is -2.52. The molecule has 2 aliphatic rings. The van der Waals surface area contributed by atoms with Crippen LogP contribution in [0.2, 0.25) is 0 Å². The number of rotatable bonds is 5. The number of amides is 2. The Hall–Kier alpha value is -3.77. The minimum atomic E-state index is -0.393. The predicted octanol–water partition coefficient (Wildman–Crippen LogP) is 4.33. The summed E-state index contributed by atoms with van der Waals surface area (Å²) in [5.74, 6) is -0.934. The van der Waals surface area contributed by atoms with Crippen LogP contribution in [0.25, 0.3) is 0 Å². The summed E-state index contributed by atoms with van der Waals surface area (Å²) in [6.07, 6.45) is 0.645. The van der Waals surface area contributed by atoms with Gasteiger partial charge < -0.3 is 5.32 Å². The Balaban J connectivity index is 1.59. The molecule has 2 unspecified atom stereocenters. The van der Waals surface area contributed by atoms with Crippen molar-refractivity contribution < 1.29 is 14.4 Å². The highest BCUT2D eigenvalue weighted by Gasteiger charge is 2.44. The Kier molecular flexibility index (Phi) is 5.07. The van der Waals surface area contributed by atoms with Crippen LogP contribution < -0.4 is 5.32 Å². The Morgan fingerprint density at radius 1 is 0.906 bits per heavy atom. The lowest BCUT2D eigenvalue weighted by molar-refractivity contribution is -0.0213. The third-order valence-electron chi connectivity index (χ3n) is 6.09. The highest BCUT2D eigenvalue weighted by Crippen LogP contribution is 2.39. The summed E-state index contributed by atoms with van der Waals surface area (Å²) in [7, 11) is 0. The number of carbonyl (C=O) groups is 3. The van der Waals surface area contributed by atoms with Crippen LogP contribution >= 0.6 is 0 Å². The number of Topliss-reactive ketones (excluding diaryl/α,β-unsaturated/α-hetero) is 1. The number of nitrogens with one attached hydrogen (secondary N) is 1. The number of fused-ring (bicyclic) bond motifs is 2. The second kappa shape index (κ2) is 8.05. The number of imide groups is 1. The maximum Gasteiger partial charge on any atom is 0.276 e. The van der Waals surface area contributed by atoms with Gasteiger partial charge in [0.25, 0.3) is 11.8 Å². The molecule has 0 aliphatic carbocycles. The first-order chi connectivity index (χ1) is 15.5. The van der Waals surface area contributed by atoms with Crippen molar-refractivity contribution in [3.63, 3.8) is 0 Å². The van der Waals surface area contributed by atoms with Gasteiger partial charge in [0, 0.05) is 17.3 Å². The second-order valence-corrected chi connectivity index (χ2v) is 8.24. The Labute approximate surface area is 186 Å². The zero-order valence-electron chi connectivity index (χ0n) is 17.7. The van der Waals surface area contributed by atoms with Gasteiger partial charge in [0.1, 0.15) is 0 Å². The number of hydrogen-bond donors (Lipinski definition) is 1. The third-order valence-corrected chi connectivity index (χ3v) is 6.09. The van der Waals surface area contributed by atoms with Crippen molar-refractivity contribution in [3.8, 4) is 0 Å². The van der Waals surface area contributed by atoms with Crippen LogP contribution in [0.15, 0.2) is 78.9 Å². The summed E-state index contributed by atoms with van der Waals surface area (Å²) >= 11 is 0. The average molecular weight is 425 g/mol. The smallest absolute Gasteiger partial charge is 0.276 e. The van der Waals surface area contributed by atoms with E-state index in [1.165, 1.54) is 5.01 Å². The number of ketones is 1. The van der Waals surface area contributed by atoms with Crippen LogP contribution in [-0.4, -0.2) is 40.2 Å². The monoisotopic (exact) mass is 425 g/mol. The molecule has 2 aliphatic heterocycles. The number of benzene rings is 3. The maximum absolute atomic E-state index is 13.3. The minimum Gasteiger partial charge on any atom is -0.382 e. The predicted molar refractivity (Wildman–Crippen MR) is 121 cm³/mol. The SMILES string of the molecule is CC1CC(N(CC(=O)c2ccccc2)N2C(=O)c3ccccc3C2=O)c2ccccc2N1. The summed E-state index contributed by atoms with van der Waals surface area (Å²) < 4.78 is 0. The molecule has 2 heterocycles. The zero-order valence-corrected chi connectivity index (χ0v) is 17.7. The molecule has 1 N–H and O–H groups in total. The first-order valence-corrected chi connectivity index (χ1v) is 10.7. The molecule has 160 valence electrons. The van der Waals surface area contributed by atoms with E-state index >= 15 is 0 Å². The Bertz CT molecular complexity index is 1170. The highest BCUT2D eigenvalue weighted by molar-refractivity contribution is 6.21. The van der Waals surface area contributed by atoms with E-state index < -0.39 is 11.8 Å². The van der Waals surface area contributed by atoms with E-state index in [0.29, 0.717) is 23.1 Å². The molecular weight excluding hydrogens is 402 g/mol. The fourth-order valence-electron chi connectivity index (χ4n) is 4.58. The van der Waals surface area contributed by atoms with E-state index in [1.807, 2.05) is 42.5 Å². The Morgan fingerprint density at radius 2 is 1.50 bits per heavy atom. The van der Waals surface area contributed by atoms with Gasteiger partial charge in [0.2, 0.25) is 0 Å². The normalized spacial score (nSPS) is 19.5. The van der Waals surface area contributed by atoms with E-state index in [4.69, 9.17) is 0 Å². The van der Waals surface area contributed by atoms with E-state index in [1.54, 1.807) is 41.4 Å². The first kappa shape index (κ1) is 20.2. The van der Waals surface area contributed by atoms with Crippen LogP contribution in [0.5, 0.6) is 0 Å². The molecule has 3 aromatic rings. The van der Waals surface area contributed by atoms with Crippen LogP contribution in [0.1, 0.15) is 56.0 Å². The summed E-state index contributed by atoms with van der Waals surface area (Å²) in [6, 6.07) is 23.4. The number of carbonyl (C=O) groups excluding carboxylic acids is 3. The van der Waals surface area contributed by atoms with Crippen molar-refractivity contribution in [1.29, 1.82) is 0 Å². The number of para-hydroxylation sites is 1. The van der Waals surface area contributed by atoms with Gasteiger partial charge in [-0.15, -0.1) is 0 Å². The lowest BCUT2D eigenvalue weighted by atomic mass is 9.92. The number of hydrogen-bond acceptors (Lipinski definition) is 5. The standard InChI is InChI=1S/C26H23N3O3/c1-17-15-23(21-13-7-8-14-22(21)27-17)28(16-24(30)18-9-3-2-4-10-18)29-25(31)19-11-5-6-12-20(19)26(29)32/h2-14,17,23,27H,15-16H2,1H3. The molecule has 3 aromatic carbocycles. The molecule has 0 saturated heterocycles. The highest BCUT2D eigenvalue weighted by atomic mass is 16.2. The van der Waals surface area contributed by atoms with Gasteiger partial charge in [-0.2, -0.15) is 5.01 Å². The third kappa shape index (κ3) is 3.39. The molecule has 0 aromatic heterocycles. The van der Waals surface area contributed by atoms with Crippen LogP contribution in [0.3, 0.4) is 0 Å². The number of nitrogens with zero attached hydrogens (tertiary/aromatic N) is 2. The summed E-state index contributed by atoms with van der Waals surface area (Å²) in [5.41, 5.74) is 3.19. The molecule has 0 bridgehead atoms. The van der Waals surface area contributed by atoms with E-state index in [0.717, 1.165) is 11.3 Å². The average Bonchev–Trinajstić information content (AvgIpc) is 3.07. The summed E-state index contributed by atoms with van der Waals surface area (Å²) in [5, 5.41) is 6.29. The van der Waals surface area contributed by atoms with Gasteiger partial charge in [-0.25, -0.2) is 5.01 Å². The van der Waals surface area contributed by atoms with Crippen LogP contribution in [0.4, 0.5) is 5.69 Å². The largest absolute Gasteiger partial charge is 0.382 e. The molecule has 0 spiro atoms. The molecule has 32 heavy (non-hydrogen) atoms. The van der Waals surface area contributed by atoms with E-state index in [-0.39, 0.29) is 24.4 Å². The molecule has 0 radical (unpaired) electrons. The van der Waals surface area contributed by atoms with Gasteiger partial charge in [-0.1, -0.05) is 60.7 Å². The molecular formula is C26H23N3O3. The molecule has 0 saturated carbocycles. The minimum absolute atomic E-state index is 0.0821. The topological polar surface area (TPSA) is 69.7 Å². The van der Waals surface area contributed by atoms with Crippen LogP contribution in [-0.2, 0) is 0 Å². The van der Waals surface area contributed by atoms with Crippen molar-refractivity contribution in [1.82, 2.24) is 10.0 Å². The van der Waals surface area contributed by atoms with Gasteiger partial charge in [-0.3, -0.25) is 14.4 Å². The van der Waals surface area contributed by atoms with Gasteiger partial charge >= 0.3 is 0 Å².